The molecule has 12 heteroatoms. The standard InChI is InChI=1S/C39H48ClN5O5S/c1-3-45-31(18-20-41-45)13-17-37(46)42-51(48)21-6-4-5-9-35(49-2)32-14-10-29(32)24-44-25-39(19-7-8-27-22-30(40)12-15-33(27)39)26-50-36-16-11-28(23-34(36)44)38(47)43-51/h5,9,11-12,15-16,18,20,22-23,29,32,35H,3-4,6-8,10,13-14,17,19,21,24-26H2,1-2H3,(H,42,43,46,47,48)/b9-5+/t29-,32+,35-,39-,51+/m0/s1. The molecule has 0 saturated heterocycles. The third-order valence-corrected chi connectivity index (χ3v) is 13.3. The van der Waals surface area contributed by atoms with Crippen molar-refractivity contribution in [3.05, 3.63) is 88.2 Å². The van der Waals surface area contributed by atoms with Crippen LogP contribution in [0.1, 0.15) is 79.0 Å². The molecule has 1 N–H and O–H groups in total. The normalized spacial score (nSPS) is 28.3. The van der Waals surface area contributed by atoms with E-state index in [1.807, 2.05) is 35.9 Å². The van der Waals surface area contributed by atoms with Gasteiger partial charge in [-0.3, -0.25) is 19.0 Å². The van der Waals surface area contributed by atoms with Crippen LogP contribution in [0.15, 0.2) is 65.2 Å². The van der Waals surface area contributed by atoms with Crippen LogP contribution in [0.5, 0.6) is 5.75 Å². The number of carbonyl (C=O) groups is 2. The molecule has 5 atom stereocenters. The molecule has 10 nitrogen and oxygen atoms in total. The van der Waals surface area contributed by atoms with Gasteiger partial charge in [0.05, 0.1) is 24.2 Å². The maximum Gasteiger partial charge on any atom is 0.286 e. The Labute approximate surface area is 306 Å². The van der Waals surface area contributed by atoms with Gasteiger partial charge in [-0.25, -0.2) is 4.21 Å². The van der Waals surface area contributed by atoms with Gasteiger partial charge in [-0.05, 0) is 118 Å². The number of methoxy groups -OCH3 is 1. The van der Waals surface area contributed by atoms with Crippen LogP contribution < -0.4 is 14.4 Å². The Kier molecular flexibility index (Phi) is 10.6. The lowest BCUT2D eigenvalue weighted by Crippen LogP contribution is -2.49. The number of nitrogens with zero attached hydrogens (tertiary/aromatic N) is 4. The van der Waals surface area contributed by atoms with Gasteiger partial charge in [-0.1, -0.05) is 29.8 Å². The Hall–Kier alpha value is -3.67. The Balaban J connectivity index is 1.23. The molecule has 3 aromatic rings. The number of nitrogens with one attached hydrogen (secondary N) is 1. The molecule has 272 valence electrons. The first kappa shape index (κ1) is 35.7. The van der Waals surface area contributed by atoms with Crippen molar-refractivity contribution in [3.8, 4) is 5.75 Å². The van der Waals surface area contributed by atoms with E-state index < -0.39 is 21.7 Å². The predicted molar refractivity (Wildman–Crippen MR) is 200 cm³/mol. The maximum absolute atomic E-state index is 14.3. The number of allylic oxidation sites excluding steroid dienone is 1. The zero-order valence-corrected chi connectivity index (χ0v) is 31.1. The molecule has 1 saturated carbocycles. The van der Waals surface area contributed by atoms with Crippen LogP contribution in [0.25, 0.3) is 0 Å². The van der Waals surface area contributed by atoms with E-state index in [9.17, 15) is 13.8 Å². The molecule has 2 aromatic carbocycles. The number of aromatic nitrogens is 2. The lowest BCUT2D eigenvalue weighted by Gasteiger charge is -2.46. The summed E-state index contributed by atoms with van der Waals surface area (Å²) in [6.45, 7) is 4.71. The van der Waals surface area contributed by atoms with E-state index >= 15 is 0 Å². The van der Waals surface area contributed by atoms with Crippen LogP contribution >= 0.6 is 11.6 Å². The van der Waals surface area contributed by atoms with Crippen molar-refractivity contribution < 1.29 is 23.3 Å². The van der Waals surface area contributed by atoms with Crippen LogP contribution in [0, 0.1) is 11.8 Å². The number of hydrogen-bond acceptors (Lipinski definition) is 7. The second-order valence-corrected chi connectivity index (χ2v) is 17.0. The summed E-state index contributed by atoms with van der Waals surface area (Å²) in [6.07, 6.45) is 12.7. The smallest absolute Gasteiger partial charge is 0.286 e. The summed E-state index contributed by atoms with van der Waals surface area (Å²) < 4.78 is 35.7. The lowest BCUT2D eigenvalue weighted by molar-refractivity contribution is -0.119. The third kappa shape index (κ3) is 7.62. The largest absolute Gasteiger partial charge is 0.490 e. The van der Waals surface area contributed by atoms with Crippen LogP contribution in [-0.2, 0) is 44.2 Å². The molecule has 2 amide bonds. The molecule has 7 rings (SSSR count). The monoisotopic (exact) mass is 733 g/mol. The first-order chi connectivity index (χ1) is 24.7. The SMILES string of the molecule is CCn1nccc1CCC(=O)N[S@@]1(=O)=NC(=O)c2ccc3c(c2)N(C[C@@H]2CC[C@H]2[C@@H](OC)/C=C/CCC1)C[C@@]1(CCCc2cc(Cl)ccc21)CO3. The van der Waals surface area contributed by atoms with Crippen molar-refractivity contribution >= 4 is 39.0 Å². The molecule has 51 heavy (non-hydrogen) atoms. The highest BCUT2D eigenvalue weighted by atomic mass is 35.5. The zero-order chi connectivity index (χ0) is 35.6. The summed E-state index contributed by atoms with van der Waals surface area (Å²) in [5, 5.41) is 5.02. The average molecular weight is 734 g/mol. The van der Waals surface area contributed by atoms with Gasteiger partial charge in [0.1, 0.15) is 15.7 Å². The third-order valence-electron chi connectivity index (χ3n) is 11.2. The van der Waals surface area contributed by atoms with Gasteiger partial charge in [0.2, 0.25) is 5.91 Å². The molecule has 2 aliphatic carbocycles. The van der Waals surface area contributed by atoms with E-state index in [1.165, 1.54) is 11.1 Å². The molecule has 1 aromatic heterocycles. The molecule has 0 unspecified atom stereocenters. The highest BCUT2D eigenvalue weighted by Gasteiger charge is 2.44. The van der Waals surface area contributed by atoms with E-state index in [-0.39, 0.29) is 23.7 Å². The van der Waals surface area contributed by atoms with Crippen LogP contribution in [-0.4, -0.2) is 64.5 Å². The maximum atomic E-state index is 14.3. The summed E-state index contributed by atoms with van der Waals surface area (Å²) in [6, 6.07) is 13.5. The molecule has 1 spiro atoms. The molecule has 4 aliphatic rings. The number of carbonyl (C=O) groups excluding carboxylic acids is 2. The van der Waals surface area contributed by atoms with Crippen molar-refractivity contribution in [2.24, 2.45) is 16.2 Å². The van der Waals surface area contributed by atoms with Gasteiger partial charge >= 0.3 is 0 Å². The van der Waals surface area contributed by atoms with Crippen molar-refractivity contribution in [1.29, 1.82) is 0 Å². The van der Waals surface area contributed by atoms with Crippen LogP contribution in [0.3, 0.4) is 0 Å². The van der Waals surface area contributed by atoms with E-state index in [1.54, 1.807) is 19.4 Å². The Bertz CT molecular complexity index is 1940. The highest BCUT2D eigenvalue weighted by Crippen LogP contribution is 2.47. The van der Waals surface area contributed by atoms with E-state index in [2.05, 4.69) is 43.4 Å². The number of ether oxygens (including phenoxy) is 2. The lowest BCUT2D eigenvalue weighted by atomic mass is 9.68. The number of fused-ring (bicyclic) bond motifs is 4. The number of rotatable bonds is 6. The molecular formula is C39H48ClN5O5S. The summed E-state index contributed by atoms with van der Waals surface area (Å²) in [5.74, 6) is 0.488. The summed E-state index contributed by atoms with van der Waals surface area (Å²) in [7, 11) is -1.65. The van der Waals surface area contributed by atoms with E-state index in [0.717, 1.165) is 61.6 Å². The topological polar surface area (TPSA) is 115 Å². The fourth-order valence-corrected chi connectivity index (χ4v) is 10.3. The fourth-order valence-electron chi connectivity index (χ4n) is 8.44. The second-order valence-electron chi connectivity index (χ2n) is 14.5. The molecule has 0 radical (unpaired) electrons. The van der Waals surface area contributed by atoms with Gasteiger partial charge in [-0.2, -0.15) is 5.10 Å². The first-order valence-corrected chi connectivity index (χ1v) is 20.4. The zero-order valence-electron chi connectivity index (χ0n) is 29.5. The van der Waals surface area contributed by atoms with Crippen molar-refractivity contribution in [1.82, 2.24) is 14.5 Å². The number of hydrogen-bond donors (Lipinski definition) is 1. The highest BCUT2D eigenvalue weighted by molar-refractivity contribution is 7.92. The summed E-state index contributed by atoms with van der Waals surface area (Å²) >= 11 is 6.45. The van der Waals surface area contributed by atoms with E-state index in [4.69, 9.17) is 21.1 Å². The molecule has 3 heterocycles. The van der Waals surface area contributed by atoms with Gasteiger partial charge < -0.3 is 14.4 Å². The van der Waals surface area contributed by atoms with Crippen molar-refractivity contribution in [2.45, 2.75) is 82.8 Å². The number of amides is 2. The quantitative estimate of drug-likeness (QED) is 0.281. The second kappa shape index (κ2) is 15.1. The number of anilines is 1. The average Bonchev–Trinajstić information content (AvgIpc) is 3.51. The van der Waals surface area contributed by atoms with Crippen molar-refractivity contribution in [3.63, 3.8) is 0 Å². The minimum absolute atomic E-state index is 0.0379. The predicted octanol–water partition coefficient (Wildman–Crippen LogP) is 6.69. The molecular weight excluding hydrogens is 686 g/mol. The summed E-state index contributed by atoms with van der Waals surface area (Å²) in [4.78, 5) is 29.5. The van der Waals surface area contributed by atoms with Gasteiger partial charge in [0.15, 0.2) is 0 Å². The molecule has 2 aliphatic heterocycles. The van der Waals surface area contributed by atoms with E-state index in [0.29, 0.717) is 55.6 Å². The van der Waals surface area contributed by atoms with Crippen molar-refractivity contribution in [2.75, 3.05) is 37.5 Å². The Morgan fingerprint density at radius 2 is 2.06 bits per heavy atom. The minimum Gasteiger partial charge on any atom is -0.490 e. The number of benzene rings is 2. The summed E-state index contributed by atoms with van der Waals surface area (Å²) in [5.41, 5.74) is 4.36. The molecule has 1 fully saturated rings. The minimum atomic E-state index is -3.42. The first-order valence-electron chi connectivity index (χ1n) is 18.3. The molecule has 2 bridgehead atoms. The fraction of sp³-hybridized carbons (Fsp3) is 0.513. The van der Waals surface area contributed by atoms with Gasteiger partial charge in [0, 0.05) is 61.1 Å². The number of aryl methyl sites for hydroxylation is 3. The number of halogens is 1. The van der Waals surface area contributed by atoms with Gasteiger partial charge in [-0.15, -0.1) is 4.36 Å². The Morgan fingerprint density at radius 1 is 1.18 bits per heavy atom. The van der Waals surface area contributed by atoms with Crippen LogP contribution in [0.2, 0.25) is 5.02 Å². The Morgan fingerprint density at radius 3 is 2.86 bits per heavy atom. The van der Waals surface area contributed by atoms with Gasteiger partial charge in [0.25, 0.3) is 5.91 Å². The van der Waals surface area contributed by atoms with Crippen LogP contribution in [0.4, 0.5) is 5.69 Å².